The maximum absolute atomic E-state index is 14.0. The van der Waals surface area contributed by atoms with Crippen LogP contribution < -0.4 is 4.90 Å². The van der Waals surface area contributed by atoms with Crippen LogP contribution in [0.2, 0.25) is 0 Å². The minimum Gasteiger partial charge on any atom is -0.337 e. The second-order valence-electron chi connectivity index (χ2n) is 8.02. The van der Waals surface area contributed by atoms with E-state index < -0.39 is 33.0 Å². The van der Waals surface area contributed by atoms with Crippen molar-refractivity contribution < 1.29 is 22.2 Å². The Labute approximate surface area is 179 Å². The fraction of sp³-hybridized carbons (Fsp3) is 0.429. The summed E-state index contributed by atoms with van der Waals surface area (Å²) >= 11 is 0. The highest BCUT2D eigenvalue weighted by Crippen LogP contribution is 2.32. The predicted octanol–water partition coefficient (Wildman–Crippen LogP) is 2.41. The number of piperazine rings is 1. The highest BCUT2D eigenvalue weighted by Gasteiger charge is 2.37. The SMILES string of the molecule is C=S1(=O)CCC(C(=O)N2CCN(c3ncc(F)cn3)CC2c2ccc(F)c(F)c2)CC1. The van der Waals surface area contributed by atoms with Crippen molar-refractivity contribution >= 4 is 27.2 Å². The lowest BCUT2D eigenvalue weighted by atomic mass is 9.96. The van der Waals surface area contributed by atoms with E-state index in [-0.39, 0.29) is 18.4 Å². The van der Waals surface area contributed by atoms with Gasteiger partial charge in [-0.25, -0.2) is 23.1 Å². The smallest absolute Gasteiger partial charge is 0.226 e. The Balaban J connectivity index is 1.61. The van der Waals surface area contributed by atoms with Crippen LogP contribution in [0.25, 0.3) is 0 Å². The van der Waals surface area contributed by atoms with Crippen molar-refractivity contribution in [2.45, 2.75) is 18.9 Å². The average molecular weight is 453 g/mol. The minimum atomic E-state index is -2.12. The third-order valence-electron chi connectivity index (χ3n) is 5.91. The molecule has 0 bridgehead atoms. The molecule has 1 unspecified atom stereocenters. The van der Waals surface area contributed by atoms with Gasteiger partial charge in [-0.2, -0.15) is 0 Å². The number of carbonyl (C=O) groups is 1. The van der Waals surface area contributed by atoms with Crippen molar-refractivity contribution in [2.75, 3.05) is 36.0 Å². The van der Waals surface area contributed by atoms with Gasteiger partial charge < -0.3 is 9.80 Å². The summed E-state index contributed by atoms with van der Waals surface area (Å²) in [6.45, 7) is 0.983. The zero-order valence-corrected chi connectivity index (χ0v) is 17.7. The monoisotopic (exact) mass is 452 g/mol. The fourth-order valence-electron chi connectivity index (χ4n) is 4.14. The number of rotatable bonds is 3. The highest BCUT2D eigenvalue weighted by molar-refractivity contribution is 8.00. The zero-order valence-electron chi connectivity index (χ0n) is 16.8. The van der Waals surface area contributed by atoms with Crippen LogP contribution in [-0.4, -0.2) is 62.0 Å². The molecule has 166 valence electrons. The lowest BCUT2D eigenvalue weighted by molar-refractivity contribution is -0.138. The summed E-state index contributed by atoms with van der Waals surface area (Å²) < 4.78 is 52.9. The van der Waals surface area contributed by atoms with Gasteiger partial charge in [0.2, 0.25) is 11.9 Å². The van der Waals surface area contributed by atoms with Crippen molar-refractivity contribution in [1.82, 2.24) is 14.9 Å². The molecule has 4 rings (SSSR count). The first-order chi connectivity index (χ1) is 14.7. The molecule has 0 spiro atoms. The molecule has 1 amide bonds. The van der Waals surface area contributed by atoms with Crippen LogP contribution >= 0.6 is 0 Å². The van der Waals surface area contributed by atoms with E-state index in [0.717, 1.165) is 24.5 Å². The van der Waals surface area contributed by atoms with E-state index in [2.05, 4.69) is 15.8 Å². The van der Waals surface area contributed by atoms with Crippen molar-refractivity contribution in [2.24, 2.45) is 5.92 Å². The van der Waals surface area contributed by atoms with E-state index in [9.17, 15) is 22.2 Å². The molecule has 2 aliphatic rings. The molecular weight excluding hydrogens is 429 g/mol. The molecule has 1 atom stereocenters. The lowest BCUT2D eigenvalue weighted by Gasteiger charge is -2.43. The van der Waals surface area contributed by atoms with E-state index in [1.807, 2.05) is 0 Å². The highest BCUT2D eigenvalue weighted by atomic mass is 32.2. The van der Waals surface area contributed by atoms with Crippen LogP contribution in [-0.2, 0) is 14.3 Å². The van der Waals surface area contributed by atoms with Crippen molar-refractivity contribution in [3.8, 4) is 0 Å². The van der Waals surface area contributed by atoms with Crippen LogP contribution in [0, 0.1) is 23.4 Å². The quantitative estimate of drug-likeness (QED) is 0.670. The molecule has 0 saturated carbocycles. The minimum absolute atomic E-state index is 0.0932. The van der Waals surface area contributed by atoms with Crippen molar-refractivity contribution in [3.63, 3.8) is 0 Å². The predicted molar refractivity (Wildman–Crippen MR) is 113 cm³/mol. The average Bonchev–Trinajstić information content (AvgIpc) is 2.75. The Morgan fingerprint density at radius 1 is 1.06 bits per heavy atom. The van der Waals surface area contributed by atoms with E-state index >= 15 is 0 Å². The number of benzene rings is 1. The van der Waals surface area contributed by atoms with Crippen molar-refractivity contribution in [1.29, 1.82) is 0 Å². The number of nitrogens with zero attached hydrogens (tertiary/aromatic N) is 4. The van der Waals surface area contributed by atoms with E-state index in [0.29, 0.717) is 48.9 Å². The molecule has 31 heavy (non-hydrogen) atoms. The van der Waals surface area contributed by atoms with Gasteiger partial charge in [-0.1, -0.05) is 6.07 Å². The van der Waals surface area contributed by atoms with Gasteiger partial charge in [0.1, 0.15) is 0 Å². The first-order valence-electron chi connectivity index (χ1n) is 10.0. The Morgan fingerprint density at radius 2 is 1.74 bits per heavy atom. The lowest BCUT2D eigenvalue weighted by Crippen LogP contribution is -2.53. The molecular formula is C21H23F3N4O2S. The Kier molecular flexibility index (Phi) is 5.92. The number of hydrogen-bond acceptors (Lipinski definition) is 5. The molecule has 2 fully saturated rings. The fourth-order valence-corrected chi connectivity index (χ4v) is 5.78. The molecule has 1 aromatic heterocycles. The number of hydrogen-bond donors (Lipinski definition) is 0. The number of amides is 1. The van der Waals surface area contributed by atoms with Gasteiger partial charge in [0.05, 0.1) is 18.4 Å². The maximum atomic E-state index is 14.0. The van der Waals surface area contributed by atoms with E-state index in [1.54, 1.807) is 9.80 Å². The van der Waals surface area contributed by atoms with Crippen LogP contribution in [0.5, 0.6) is 0 Å². The van der Waals surface area contributed by atoms with E-state index in [1.165, 1.54) is 6.07 Å². The second-order valence-corrected chi connectivity index (χ2v) is 10.8. The van der Waals surface area contributed by atoms with Crippen LogP contribution in [0.15, 0.2) is 30.6 Å². The first-order valence-corrected chi connectivity index (χ1v) is 12.1. The Bertz CT molecular complexity index is 1060. The third-order valence-corrected chi connectivity index (χ3v) is 7.87. The molecule has 1 aromatic carbocycles. The van der Waals surface area contributed by atoms with Gasteiger partial charge in [-0.15, -0.1) is 0 Å². The van der Waals surface area contributed by atoms with Crippen LogP contribution in [0.4, 0.5) is 19.1 Å². The van der Waals surface area contributed by atoms with Crippen LogP contribution in [0.3, 0.4) is 0 Å². The topological polar surface area (TPSA) is 66.4 Å². The zero-order chi connectivity index (χ0) is 22.2. The van der Waals surface area contributed by atoms with Gasteiger partial charge in [0.15, 0.2) is 17.5 Å². The molecule has 2 saturated heterocycles. The van der Waals surface area contributed by atoms with Crippen molar-refractivity contribution in [3.05, 3.63) is 53.6 Å². The maximum Gasteiger partial charge on any atom is 0.226 e. The van der Waals surface area contributed by atoms with Gasteiger partial charge in [0.25, 0.3) is 0 Å². The number of anilines is 1. The third kappa shape index (κ3) is 4.68. The molecule has 3 heterocycles. The van der Waals surface area contributed by atoms with Gasteiger partial charge in [0, 0.05) is 37.1 Å². The molecule has 0 N–H and O–H groups in total. The molecule has 2 aliphatic heterocycles. The summed E-state index contributed by atoms with van der Waals surface area (Å²) in [5, 5.41) is 0. The number of aromatic nitrogens is 2. The summed E-state index contributed by atoms with van der Waals surface area (Å²) in [5.41, 5.74) is 0.454. The first kappa shape index (κ1) is 21.6. The standard InChI is InChI=1S/C21H23F3N4O2S/c1-31(30)8-4-14(5-9-31)20(29)28-7-6-27(21-25-11-16(22)12-26-21)13-19(28)15-2-3-17(23)18(24)10-15/h2-3,10-12,14,19H,1,4-9,13H2. The Morgan fingerprint density at radius 3 is 2.39 bits per heavy atom. The second kappa shape index (κ2) is 8.49. The van der Waals surface area contributed by atoms with Gasteiger partial charge >= 0.3 is 0 Å². The largest absolute Gasteiger partial charge is 0.337 e. The summed E-state index contributed by atoms with van der Waals surface area (Å²) in [5.74, 6) is 1.97. The summed E-state index contributed by atoms with van der Waals surface area (Å²) in [6.07, 6.45) is 3.11. The van der Waals surface area contributed by atoms with Crippen LogP contribution in [0.1, 0.15) is 24.4 Å². The van der Waals surface area contributed by atoms with E-state index in [4.69, 9.17) is 0 Å². The summed E-state index contributed by atoms with van der Waals surface area (Å²) in [7, 11) is -2.12. The summed E-state index contributed by atoms with van der Waals surface area (Å²) in [4.78, 5) is 24.8. The molecule has 0 aliphatic carbocycles. The Hall–Kier alpha value is -2.62. The normalized spacial score (nSPS) is 26.7. The molecule has 2 aromatic rings. The number of carbonyl (C=O) groups excluding carboxylic acids is 1. The van der Waals surface area contributed by atoms with Gasteiger partial charge in [-0.05, 0) is 45.9 Å². The molecule has 10 heteroatoms. The molecule has 6 nitrogen and oxygen atoms in total. The summed E-state index contributed by atoms with van der Waals surface area (Å²) in [6, 6.07) is 3.04. The number of halogens is 3. The van der Waals surface area contributed by atoms with Gasteiger partial charge in [-0.3, -0.25) is 9.00 Å². The molecule has 0 radical (unpaired) electrons.